The molecule has 6 heteroatoms. The molecule has 0 radical (unpaired) electrons. The summed E-state index contributed by atoms with van der Waals surface area (Å²) in [6, 6.07) is 59.1. The van der Waals surface area contributed by atoms with Gasteiger partial charge in [-0.3, -0.25) is 0 Å². The van der Waals surface area contributed by atoms with Gasteiger partial charge in [-0.05, 0) is 59.5 Å². The van der Waals surface area contributed by atoms with Crippen molar-refractivity contribution in [1.82, 2.24) is 9.88 Å². The van der Waals surface area contributed by atoms with Crippen LogP contribution in [0.1, 0.15) is 30.1 Å². The molecule has 57 heavy (non-hydrogen) atoms. The molecule has 1 unspecified atom stereocenters. The van der Waals surface area contributed by atoms with E-state index in [4.69, 9.17) is 9.98 Å². The van der Waals surface area contributed by atoms with Crippen LogP contribution < -0.4 is 15.1 Å². The van der Waals surface area contributed by atoms with Crippen LogP contribution in [0.2, 0.25) is 0 Å². The van der Waals surface area contributed by atoms with Gasteiger partial charge in [0.25, 0.3) is 0 Å². The second-order valence-electron chi connectivity index (χ2n) is 14.8. The van der Waals surface area contributed by atoms with E-state index >= 15 is 0 Å². The second-order valence-corrected chi connectivity index (χ2v) is 16.9. The van der Waals surface area contributed by atoms with Crippen LogP contribution in [0.3, 0.4) is 0 Å². The molecule has 1 aliphatic carbocycles. The summed E-state index contributed by atoms with van der Waals surface area (Å²) in [5, 5.41) is 11.4. The van der Waals surface area contributed by atoms with E-state index in [1.54, 1.807) is 0 Å². The highest BCUT2D eigenvalue weighted by atomic mass is 32.1. The van der Waals surface area contributed by atoms with Crippen molar-refractivity contribution in [1.29, 1.82) is 0 Å². The highest BCUT2D eigenvalue weighted by Gasteiger charge is 2.25. The molecule has 1 aliphatic heterocycles. The molecular weight excluding hydrogens is 733 g/mol. The summed E-state index contributed by atoms with van der Waals surface area (Å²) in [6.07, 6.45) is 4.07. The van der Waals surface area contributed by atoms with Crippen molar-refractivity contribution in [2.45, 2.75) is 19.0 Å². The fourth-order valence-electron chi connectivity index (χ4n) is 8.98. The predicted molar refractivity (Wildman–Crippen MR) is 244 cm³/mol. The minimum absolute atomic E-state index is 0.221. The molecule has 12 rings (SSSR count). The Kier molecular flexibility index (Phi) is 7.43. The van der Waals surface area contributed by atoms with Gasteiger partial charge >= 0.3 is 0 Å². The average Bonchev–Trinajstić information content (AvgIpc) is 3.96. The molecule has 0 spiro atoms. The Morgan fingerprint density at radius 1 is 0.596 bits per heavy atom. The number of para-hydroxylation sites is 2. The standard InChI is InChI=1S/C51H34N4S2/c1-3-14-31(15-4-1)49-52-50(32-16-5-2-6-17-32)54-51(53-49)41-24-12-23-40-46-37(20-13-27-44(46)56-48(40)41)39-22-11-21-38-36-29-28-33(30-45(36)57-47(38)39)55-42-25-9-7-18-34(42)35-19-8-10-26-43(35)55/h1-11,13-23,25-30,49H,12,24H2,(H,52,53,54). The summed E-state index contributed by atoms with van der Waals surface area (Å²) in [6.45, 7) is 0. The molecule has 0 fully saturated rings. The van der Waals surface area contributed by atoms with Crippen LogP contribution in [0.5, 0.6) is 0 Å². The number of aliphatic imine (C=N–C) groups is 2. The topological polar surface area (TPSA) is 41.7 Å². The molecular formula is C51H34N4S2. The molecule has 0 saturated heterocycles. The van der Waals surface area contributed by atoms with E-state index < -0.39 is 0 Å². The highest BCUT2D eigenvalue weighted by molar-refractivity contribution is 7.26. The van der Waals surface area contributed by atoms with Crippen LogP contribution in [0, 0.1) is 0 Å². The van der Waals surface area contributed by atoms with Gasteiger partial charge in [0.2, 0.25) is 0 Å². The number of benzene rings is 7. The van der Waals surface area contributed by atoms with Crippen molar-refractivity contribution in [2.75, 3.05) is 0 Å². The Balaban J connectivity index is 1.03. The van der Waals surface area contributed by atoms with Gasteiger partial charge in [-0.1, -0.05) is 140 Å². The Hall–Kier alpha value is -6.60. The minimum Gasteiger partial charge on any atom is -0.344 e. The summed E-state index contributed by atoms with van der Waals surface area (Å²) in [4.78, 5) is 10.5. The Morgan fingerprint density at radius 3 is 2.11 bits per heavy atom. The van der Waals surface area contributed by atoms with Crippen LogP contribution >= 0.6 is 22.7 Å². The van der Waals surface area contributed by atoms with E-state index in [-0.39, 0.29) is 6.17 Å². The van der Waals surface area contributed by atoms with Gasteiger partial charge in [0.1, 0.15) is 12.0 Å². The van der Waals surface area contributed by atoms with Crippen LogP contribution in [0.4, 0.5) is 0 Å². The van der Waals surface area contributed by atoms with Crippen molar-refractivity contribution in [3.05, 3.63) is 185 Å². The molecule has 0 saturated carbocycles. The number of hydrogen-bond donors (Lipinski definition) is 1. The number of thiophene rings is 2. The largest absolute Gasteiger partial charge is 0.344 e. The molecule has 1 N–H and O–H groups in total. The maximum absolute atomic E-state index is 5.30. The van der Waals surface area contributed by atoms with Gasteiger partial charge < -0.3 is 9.88 Å². The number of rotatable bonds is 5. The lowest BCUT2D eigenvalue weighted by molar-refractivity contribution is 0.675. The molecule has 10 aromatic rings. The zero-order valence-corrected chi connectivity index (χ0v) is 32.4. The van der Waals surface area contributed by atoms with Crippen molar-refractivity contribution in [2.24, 2.45) is 9.98 Å². The van der Waals surface area contributed by atoms with Gasteiger partial charge in [-0.2, -0.15) is 0 Å². The fraction of sp³-hybridized carbons (Fsp3) is 0.0588. The van der Waals surface area contributed by atoms with Crippen molar-refractivity contribution >= 4 is 98.1 Å². The second kappa shape index (κ2) is 13.0. The highest BCUT2D eigenvalue weighted by Crippen LogP contribution is 2.43. The number of nitrogens with zero attached hydrogens (tertiary/aromatic N) is 3. The number of aromatic nitrogens is 1. The summed E-state index contributed by atoms with van der Waals surface area (Å²) >= 11 is 3.78. The first-order valence-electron chi connectivity index (χ1n) is 19.5. The molecule has 4 heterocycles. The molecule has 0 amide bonds. The number of fused-ring (bicyclic) bond motifs is 9. The Labute approximate surface area is 336 Å². The summed E-state index contributed by atoms with van der Waals surface area (Å²) in [5.74, 6) is 1.69. The molecule has 3 aromatic heterocycles. The molecule has 2 aliphatic rings. The Morgan fingerprint density at radius 2 is 1.30 bits per heavy atom. The van der Waals surface area contributed by atoms with Gasteiger partial charge in [-0.25, -0.2) is 9.98 Å². The third kappa shape index (κ3) is 5.18. The first-order valence-corrected chi connectivity index (χ1v) is 21.1. The van der Waals surface area contributed by atoms with E-state index in [0.717, 1.165) is 35.6 Å². The molecule has 4 nitrogen and oxygen atoms in total. The van der Waals surface area contributed by atoms with E-state index in [0.29, 0.717) is 0 Å². The third-order valence-corrected chi connectivity index (χ3v) is 14.0. The normalized spacial score (nSPS) is 15.5. The van der Waals surface area contributed by atoms with Crippen LogP contribution in [-0.2, 0) is 0 Å². The molecule has 270 valence electrons. The van der Waals surface area contributed by atoms with Crippen molar-refractivity contribution in [3.8, 4) is 16.8 Å². The summed E-state index contributed by atoms with van der Waals surface area (Å²) in [7, 11) is 0. The van der Waals surface area contributed by atoms with Gasteiger partial charge in [-0.15, -0.1) is 22.7 Å². The minimum atomic E-state index is -0.221. The first kappa shape index (κ1) is 32.6. The maximum Gasteiger partial charge on any atom is 0.156 e. The van der Waals surface area contributed by atoms with E-state index in [9.17, 15) is 0 Å². The van der Waals surface area contributed by atoms with E-state index in [2.05, 4.69) is 174 Å². The fourth-order valence-corrected chi connectivity index (χ4v) is 11.5. The first-order chi connectivity index (χ1) is 28.3. The van der Waals surface area contributed by atoms with E-state index in [1.165, 1.54) is 84.2 Å². The van der Waals surface area contributed by atoms with Gasteiger partial charge in [0.05, 0.1) is 11.0 Å². The predicted octanol–water partition coefficient (Wildman–Crippen LogP) is 11.9. The lowest BCUT2D eigenvalue weighted by atomic mass is 9.96. The average molecular weight is 767 g/mol. The van der Waals surface area contributed by atoms with Crippen LogP contribution in [0.25, 0.3) is 80.5 Å². The summed E-state index contributed by atoms with van der Waals surface area (Å²) in [5.41, 5.74) is 9.63. The number of nitrogens with one attached hydrogen (secondary N) is 1. The smallest absolute Gasteiger partial charge is 0.156 e. The van der Waals surface area contributed by atoms with Crippen LogP contribution in [-0.4, -0.2) is 16.2 Å². The number of amidine groups is 2. The summed E-state index contributed by atoms with van der Waals surface area (Å²) < 4.78 is 7.61. The quantitative estimate of drug-likeness (QED) is 0.186. The maximum atomic E-state index is 5.30. The molecule has 7 aromatic carbocycles. The Bertz CT molecular complexity index is 3390. The van der Waals surface area contributed by atoms with Gasteiger partial charge in [0.15, 0.2) is 5.84 Å². The van der Waals surface area contributed by atoms with Gasteiger partial charge in [0, 0.05) is 68.0 Å². The van der Waals surface area contributed by atoms with Crippen LogP contribution in [0.15, 0.2) is 174 Å². The number of hydrogen-bond acceptors (Lipinski definition) is 5. The lowest BCUT2D eigenvalue weighted by Crippen LogP contribution is -2.35. The SMILES string of the molecule is C1=c2c(sc3cccc(-c4cccc5c4sc4cc(-n6c7ccccc7c7ccccc76)ccc45)c23)=C(C2=NC(c3ccccc3)NC(c3ccccc3)=N2)CC1. The third-order valence-electron chi connectivity index (χ3n) is 11.6. The van der Waals surface area contributed by atoms with Crippen molar-refractivity contribution < 1.29 is 0 Å². The lowest BCUT2D eigenvalue weighted by Gasteiger charge is -2.24. The van der Waals surface area contributed by atoms with E-state index in [1.807, 2.05) is 28.7 Å². The zero-order valence-electron chi connectivity index (χ0n) is 30.8. The molecule has 0 bridgehead atoms. The zero-order chi connectivity index (χ0) is 37.5. The molecule has 1 atom stereocenters. The monoisotopic (exact) mass is 766 g/mol. The van der Waals surface area contributed by atoms with Crippen molar-refractivity contribution in [3.63, 3.8) is 0 Å².